The first kappa shape index (κ1) is 63.6. The van der Waals surface area contributed by atoms with E-state index in [0.29, 0.717) is 0 Å². The Bertz CT molecular complexity index is 541. The van der Waals surface area contributed by atoms with Gasteiger partial charge in [0, 0.05) is 57.9 Å². The van der Waals surface area contributed by atoms with E-state index >= 15 is 0 Å². The molecule has 0 rings (SSSR count). The third-order valence-corrected chi connectivity index (χ3v) is 1.34. The minimum atomic E-state index is -0.153. The first-order chi connectivity index (χ1) is 14.2. The fraction of sp³-hybridized carbons (Fsp3) is 0.667. The molecule has 0 N–H and O–H groups in total. The molecule has 8 nitrogen and oxygen atoms in total. The maximum Gasteiger partial charge on any atom is 0 e. The normalized spacial score (nSPS) is 7.53. The summed E-state index contributed by atoms with van der Waals surface area (Å²) in [5.41, 5.74) is -0.611. The molecule has 0 spiro atoms. The van der Waals surface area contributed by atoms with Crippen molar-refractivity contribution in [3.63, 3.8) is 0 Å². The molecule has 0 atom stereocenters. The Morgan fingerprint density at radius 1 is 0.382 bits per heavy atom. The van der Waals surface area contributed by atoms with Crippen molar-refractivity contribution in [1.82, 2.24) is 0 Å². The third kappa shape index (κ3) is 251. The summed E-state index contributed by atoms with van der Waals surface area (Å²) in [7, 11) is 0. The predicted octanol–water partition coefficient (Wildman–Crippen LogP) is 6.07. The van der Waals surface area contributed by atoms with Crippen LogP contribution < -0.4 is 0 Å². The molecule has 0 aliphatic carbocycles. The Balaban J connectivity index is -0.0000000252. The van der Waals surface area contributed by atoms with Gasteiger partial charge in [-0.1, -0.05) is 0 Å². The van der Waals surface area contributed by atoms with Gasteiger partial charge in [-0.25, -0.2) is 0 Å². The van der Waals surface area contributed by atoms with Crippen LogP contribution in [0.3, 0.4) is 0 Å². The van der Waals surface area contributed by atoms with Gasteiger partial charge < -0.3 is 0 Å². The number of hydrogen-bond acceptors (Lipinski definition) is 4. The van der Waals surface area contributed by atoms with E-state index in [1.807, 2.05) is 83.1 Å². The molecule has 0 fully saturated rings. The molecule has 0 aliphatic rings. The first-order valence-corrected chi connectivity index (χ1v) is 8.71. The molecule has 0 unspecified atom stereocenters. The monoisotopic (exact) mass is 606 g/mol. The molecule has 34 heavy (non-hydrogen) atoms. The second-order valence-corrected chi connectivity index (χ2v) is 9.45. The van der Waals surface area contributed by atoms with Gasteiger partial charge in [0.1, 0.15) is 0 Å². The smallest absolute Gasteiger partial charge is 0 e. The largest absolute Gasteiger partial charge is 0 e. The molecule has 0 bridgehead atoms. The molecule has 10 heteroatoms. The molecule has 2 radical (unpaired) electrons. The van der Waals surface area contributed by atoms with Gasteiger partial charge in [-0.3, -0.25) is 0 Å². The van der Waals surface area contributed by atoms with E-state index in [1.165, 1.54) is 0 Å². The summed E-state index contributed by atoms with van der Waals surface area (Å²) < 4.78 is 30.0. The zero-order chi connectivity index (χ0) is 28.8. The molecule has 194 valence electrons. The topological polar surface area (TPSA) is 175 Å². The van der Waals surface area contributed by atoms with E-state index in [9.17, 15) is 0 Å². The van der Waals surface area contributed by atoms with Crippen molar-refractivity contribution in [2.45, 2.75) is 83.1 Å². The van der Waals surface area contributed by atoms with Gasteiger partial charge in [-0.2, -0.15) is 21.0 Å². The minimum Gasteiger partial charge on any atom is 0 e. The van der Waals surface area contributed by atoms with Crippen LogP contribution in [0.4, 0.5) is 0 Å². The fourth-order valence-corrected chi connectivity index (χ4v) is 0. The quantitative estimate of drug-likeness (QED) is 0.185. The van der Waals surface area contributed by atoms with Crippen molar-refractivity contribution < 1.29 is 54.9 Å². The van der Waals surface area contributed by atoms with Crippen molar-refractivity contribution in [2.24, 2.45) is 21.7 Å². The molecule has 0 saturated carbocycles. The molecule has 0 aliphatic heterocycles. The summed E-state index contributed by atoms with van der Waals surface area (Å²) in [6.45, 7) is 40.6. The summed E-state index contributed by atoms with van der Waals surface area (Å²) >= 11 is 0. The zero-order valence-corrected chi connectivity index (χ0v) is 24.8. The van der Waals surface area contributed by atoms with Gasteiger partial charge in [0.05, 0.1) is 24.3 Å². The minimum absolute atomic E-state index is 0. The summed E-state index contributed by atoms with van der Waals surface area (Å²) in [6.07, 6.45) is 0. The molecule has 0 saturated heterocycles. The predicted molar refractivity (Wildman–Crippen MR) is 116 cm³/mol. The average Bonchev–Trinajstić information content (AvgIpc) is 2.73. The Labute approximate surface area is 230 Å². The number of rotatable bonds is 0. The maximum atomic E-state index is 8.15. The second-order valence-electron chi connectivity index (χ2n) is 9.45. The summed E-state index contributed by atoms with van der Waals surface area (Å²) in [4.78, 5) is 0. The van der Waals surface area contributed by atoms with E-state index in [2.05, 4.69) is 50.9 Å². The fourth-order valence-electron chi connectivity index (χ4n) is 0. The Hall–Kier alpha value is -1.95. The van der Waals surface area contributed by atoms with Crippen LogP contribution in [0.15, 0.2) is 0 Å². The molecular formula is C24H36CoN4O4Rh. The van der Waals surface area contributed by atoms with Crippen LogP contribution in [0.1, 0.15) is 83.1 Å². The van der Waals surface area contributed by atoms with Crippen LogP contribution >= 0.6 is 0 Å². The van der Waals surface area contributed by atoms with Crippen LogP contribution in [0.2, 0.25) is 0 Å². The number of nitriles is 4. The van der Waals surface area contributed by atoms with E-state index in [1.54, 1.807) is 0 Å². The maximum absolute atomic E-state index is 8.15. The average molecular weight is 606 g/mol. The summed E-state index contributed by atoms with van der Waals surface area (Å²) in [5, 5.41) is 32.6. The molecule has 0 heterocycles. The van der Waals surface area contributed by atoms with Crippen LogP contribution in [0.5, 0.6) is 0 Å². The number of nitrogens with zero attached hydrogens (tertiary/aromatic N) is 4. The van der Waals surface area contributed by atoms with Crippen LogP contribution in [0, 0.1) is 93.6 Å². The van der Waals surface area contributed by atoms with Gasteiger partial charge in [-0.15, -0.1) is 0 Å². The second kappa shape index (κ2) is 41.3. The standard InChI is InChI=1S/4C5H9N.4CO.Co.Rh/c4*1-5(2,3)4-6;4*1-2;;/h4*1-3H3;;;;;;. The Morgan fingerprint density at radius 3 is 0.412 bits per heavy atom. The van der Waals surface area contributed by atoms with Crippen molar-refractivity contribution in [3.05, 3.63) is 26.6 Å². The van der Waals surface area contributed by atoms with Crippen molar-refractivity contribution >= 4 is 0 Å². The summed E-state index contributed by atoms with van der Waals surface area (Å²) in [5.74, 6) is 0. The van der Waals surface area contributed by atoms with E-state index in [-0.39, 0.29) is 57.9 Å². The van der Waals surface area contributed by atoms with Gasteiger partial charge in [0.25, 0.3) is 0 Å². The van der Waals surface area contributed by atoms with E-state index < -0.39 is 0 Å². The van der Waals surface area contributed by atoms with E-state index in [0.717, 1.165) is 0 Å². The van der Waals surface area contributed by atoms with E-state index in [4.69, 9.17) is 39.7 Å². The molecular weight excluding hydrogens is 570 g/mol. The molecule has 0 aromatic heterocycles. The van der Waals surface area contributed by atoms with Crippen LogP contribution in [0.25, 0.3) is 0 Å². The van der Waals surface area contributed by atoms with Gasteiger partial charge >= 0.3 is 45.2 Å². The Morgan fingerprint density at radius 2 is 0.412 bits per heavy atom. The van der Waals surface area contributed by atoms with Crippen LogP contribution in [-0.2, 0) is 54.9 Å². The Kier molecular flexibility index (Phi) is 77.2. The summed E-state index contributed by atoms with van der Waals surface area (Å²) in [6, 6.07) is 8.42. The third-order valence-electron chi connectivity index (χ3n) is 1.34. The SMILES string of the molecule is CC(C)(C)C#N.CC(C)(C)C#N.CC(C)(C)C#N.CC(C)(C)C#N.[C-]#[O+].[C-]#[O+].[C-]#[O+].[C-]#[O+].[Co].[Rh]. The van der Waals surface area contributed by atoms with Gasteiger partial charge in [-0.05, 0) is 83.1 Å². The molecule has 0 amide bonds. The van der Waals surface area contributed by atoms with Crippen molar-refractivity contribution in [3.8, 4) is 24.3 Å². The van der Waals surface area contributed by atoms with Gasteiger partial charge in [0.15, 0.2) is 0 Å². The van der Waals surface area contributed by atoms with Gasteiger partial charge in [0.2, 0.25) is 0 Å². The number of hydrogen-bond donors (Lipinski definition) is 0. The molecule has 0 aromatic carbocycles. The zero-order valence-electron chi connectivity index (χ0n) is 22.1. The first-order valence-electron chi connectivity index (χ1n) is 8.71. The van der Waals surface area contributed by atoms with Crippen LogP contribution in [-0.4, -0.2) is 0 Å². The van der Waals surface area contributed by atoms with Crippen molar-refractivity contribution in [2.75, 3.05) is 0 Å². The molecule has 0 aromatic rings. The van der Waals surface area contributed by atoms with Crippen molar-refractivity contribution in [1.29, 1.82) is 21.0 Å².